The van der Waals surface area contributed by atoms with Crippen LogP contribution in [0.2, 0.25) is 0 Å². The third-order valence-corrected chi connectivity index (χ3v) is 6.48. The van der Waals surface area contributed by atoms with E-state index in [9.17, 15) is 9.90 Å². The van der Waals surface area contributed by atoms with Crippen LogP contribution in [0, 0.1) is 0 Å². The second-order valence-electron chi connectivity index (χ2n) is 9.91. The van der Waals surface area contributed by atoms with Crippen LogP contribution in [0.4, 0.5) is 23.3 Å². The molecule has 0 radical (unpaired) electrons. The maximum atomic E-state index is 12.8. The summed E-state index contributed by atoms with van der Waals surface area (Å²) in [5.41, 5.74) is 2.85. The normalized spacial score (nSPS) is 15.3. The first-order valence-corrected chi connectivity index (χ1v) is 13.0. The minimum atomic E-state index is -1.12. The van der Waals surface area contributed by atoms with E-state index in [0.717, 1.165) is 37.1 Å². The number of anilines is 4. The van der Waals surface area contributed by atoms with E-state index >= 15 is 0 Å². The smallest absolute Gasteiger partial charge is 0.256 e. The summed E-state index contributed by atoms with van der Waals surface area (Å²) in [7, 11) is 1.59. The third kappa shape index (κ3) is 7.38. The molecule has 39 heavy (non-hydrogen) atoms. The lowest BCUT2D eigenvalue weighted by molar-refractivity contribution is 0.0740. The van der Waals surface area contributed by atoms with Crippen molar-refractivity contribution in [2.24, 2.45) is 5.16 Å². The van der Waals surface area contributed by atoms with Crippen molar-refractivity contribution in [1.82, 2.24) is 20.3 Å². The van der Waals surface area contributed by atoms with E-state index in [1.54, 1.807) is 45.2 Å². The zero-order chi connectivity index (χ0) is 27.8. The molecule has 1 amide bonds. The van der Waals surface area contributed by atoms with E-state index in [1.807, 2.05) is 12.1 Å². The van der Waals surface area contributed by atoms with Crippen LogP contribution in [-0.4, -0.2) is 45.3 Å². The highest BCUT2D eigenvalue weighted by Crippen LogP contribution is 2.32. The molecule has 4 N–H and O–H groups in total. The SMILES string of the molecule is C=CCNC(=O)c1cnc(Nc2ccc(C3CCC(=NOC)CC3)cc2)nc1Nc1cccc(C(C)(C)O)n1. The van der Waals surface area contributed by atoms with Crippen molar-refractivity contribution in [2.75, 3.05) is 24.3 Å². The standard InChI is InChI=1S/C29H35N7O3/c1-5-17-30-27(37)23-18-31-28(35-26(23)34-25-8-6-7-24(33-25)29(2,3)38)32-21-13-9-19(10-14-21)20-11-15-22(16-12-20)36-39-4/h5-10,13-14,18,20,38H,1,11-12,15-17H2,2-4H3,(H,30,37)(H2,31,32,33,34,35). The Morgan fingerprint density at radius 2 is 1.90 bits per heavy atom. The minimum Gasteiger partial charge on any atom is -0.399 e. The number of aliphatic hydroxyl groups is 1. The van der Waals surface area contributed by atoms with Crippen LogP contribution in [0.3, 0.4) is 0 Å². The van der Waals surface area contributed by atoms with Gasteiger partial charge in [0.2, 0.25) is 5.95 Å². The first-order chi connectivity index (χ1) is 18.8. The fourth-order valence-electron chi connectivity index (χ4n) is 4.40. The summed E-state index contributed by atoms with van der Waals surface area (Å²) in [5.74, 6) is 1.18. The van der Waals surface area contributed by atoms with Crippen LogP contribution < -0.4 is 16.0 Å². The van der Waals surface area contributed by atoms with Gasteiger partial charge in [-0.2, -0.15) is 4.98 Å². The number of nitrogens with zero attached hydrogens (tertiary/aromatic N) is 4. The molecule has 1 aromatic carbocycles. The van der Waals surface area contributed by atoms with Crippen LogP contribution in [0.5, 0.6) is 0 Å². The summed E-state index contributed by atoms with van der Waals surface area (Å²) in [6, 6.07) is 13.5. The van der Waals surface area contributed by atoms with E-state index in [1.165, 1.54) is 11.8 Å². The Balaban J connectivity index is 1.53. The number of pyridine rings is 1. The monoisotopic (exact) mass is 529 g/mol. The van der Waals surface area contributed by atoms with Gasteiger partial charge in [0.15, 0.2) is 0 Å². The lowest BCUT2D eigenvalue weighted by Gasteiger charge is -2.23. The predicted octanol–water partition coefficient (Wildman–Crippen LogP) is 5.16. The van der Waals surface area contributed by atoms with Gasteiger partial charge in [0.1, 0.15) is 29.9 Å². The fourth-order valence-corrected chi connectivity index (χ4v) is 4.40. The van der Waals surface area contributed by atoms with Crippen molar-refractivity contribution in [3.8, 4) is 0 Å². The van der Waals surface area contributed by atoms with Crippen molar-refractivity contribution in [1.29, 1.82) is 0 Å². The molecule has 0 bridgehead atoms. The molecule has 3 aromatic rings. The van der Waals surface area contributed by atoms with Gasteiger partial charge < -0.3 is 25.9 Å². The predicted molar refractivity (Wildman–Crippen MR) is 153 cm³/mol. The highest BCUT2D eigenvalue weighted by Gasteiger charge is 2.21. The Kier molecular flexibility index (Phi) is 8.88. The number of aromatic nitrogens is 3. The van der Waals surface area contributed by atoms with Crippen molar-refractivity contribution >= 4 is 34.9 Å². The molecular formula is C29H35N7O3. The quantitative estimate of drug-likeness (QED) is 0.209. The molecule has 1 aliphatic carbocycles. The van der Waals surface area contributed by atoms with Crippen LogP contribution in [0.25, 0.3) is 0 Å². The zero-order valence-corrected chi connectivity index (χ0v) is 22.6. The van der Waals surface area contributed by atoms with Gasteiger partial charge in [-0.15, -0.1) is 6.58 Å². The number of carbonyl (C=O) groups excluding carboxylic acids is 1. The Morgan fingerprint density at radius 3 is 2.56 bits per heavy atom. The summed E-state index contributed by atoms with van der Waals surface area (Å²) in [4.78, 5) is 31.1. The van der Waals surface area contributed by atoms with Crippen LogP contribution in [0.1, 0.15) is 67.1 Å². The lowest BCUT2D eigenvalue weighted by Crippen LogP contribution is -2.25. The Hall–Kier alpha value is -4.31. The number of nitrogens with one attached hydrogen (secondary N) is 3. The number of carbonyl (C=O) groups is 1. The van der Waals surface area contributed by atoms with Crippen molar-refractivity contribution in [3.05, 3.63) is 78.1 Å². The van der Waals surface area contributed by atoms with Gasteiger partial charge in [0, 0.05) is 18.4 Å². The zero-order valence-electron chi connectivity index (χ0n) is 22.6. The molecule has 0 atom stereocenters. The van der Waals surface area contributed by atoms with Crippen LogP contribution in [0.15, 0.2) is 66.5 Å². The molecule has 10 nitrogen and oxygen atoms in total. The van der Waals surface area contributed by atoms with Crippen LogP contribution >= 0.6 is 0 Å². The number of hydrogen-bond donors (Lipinski definition) is 4. The van der Waals surface area contributed by atoms with Gasteiger partial charge >= 0.3 is 0 Å². The molecule has 0 saturated heterocycles. The van der Waals surface area contributed by atoms with Crippen molar-refractivity contribution < 1.29 is 14.7 Å². The molecular weight excluding hydrogens is 494 g/mol. The molecule has 1 saturated carbocycles. The van der Waals surface area contributed by atoms with Crippen LogP contribution in [-0.2, 0) is 10.4 Å². The van der Waals surface area contributed by atoms with Gasteiger partial charge in [0.05, 0.1) is 11.4 Å². The fraction of sp³-hybridized carbons (Fsp3) is 0.345. The molecule has 4 rings (SSSR count). The first-order valence-electron chi connectivity index (χ1n) is 13.0. The highest BCUT2D eigenvalue weighted by molar-refractivity contribution is 5.99. The Bertz CT molecular complexity index is 1320. The van der Waals surface area contributed by atoms with E-state index < -0.39 is 5.60 Å². The average Bonchev–Trinajstić information content (AvgIpc) is 2.93. The maximum absolute atomic E-state index is 12.8. The summed E-state index contributed by atoms with van der Waals surface area (Å²) in [6.45, 7) is 7.26. The number of benzene rings is 1. The molecule has 204 valence electrons. The van der Waals surface area contributed by atoms with Gasteiger partial charge in [-0.25, -0.2) is 9.97 Å². The minimum absolute atomic E-state index is 0.252. The van der Waals surface area contributed by atoms with Gasteiger partial charge in [0.25, 0.3) is 5.91 Å². The summed E-state index contributed by atoms with van der Waals surface area (Å²) in [6.07, 6.45) is 7.05. The molecule has 10 heteroatoms. The Labute approximate surface area is 228 Å². The third-order valence-electron chi connectivity index (χ3n) is 6.48. The van der Waals surface area contributed by atoms with Gasteiger partial charge in [-0.3, -0.25) is 4.79 Å². The van der Waals surface area contributed by atoms with E-state index in [-0.39, 0.29) is 17.3 Å². The lowest BCUT2D eigenvalue weighted by atomic mass is 9.83. The average molecular weight is 530 g/mol. The van der Waals surface area contributed by atoms with E-state index in [2.05, 4.69) is 54.8 Å². The molecule has 1 fully saturated rings. The number of hydrogen-bond acceptors (Lipinski definition) is 9. The molecule has 0 unspecified atom stereocenters. The molecule has 1 aliphatic rings. The number of rotatable bonds is 10. The molecule has 0 aliphatic heterocycles. The summed E-state index contributed by atoms with van der Waals surface area (Å²) < 4.78 is 0. The topological polar surface area (TPSA) is 134 Å². The molecule has 2 heterocycles. The number of oxime groups is 1. The molecule has 0 spiro atoms. The van der Waals surface area contributed by atoms with Gasteiger partial charge in [-0.1, -0.05) is 29.4 Å². The van der Waals surface area contributed by atoms with Crippen molar-refractivity contribution in [2.45, 2.75) is 51.0 Å². The second kappa shape index (κ2) is 12.5. The highest BCUT2D eigenvalue weighted by atomic mass is 16.6. The largest absolute Gasteiger partial charge is 0.399 e. The van der Waals surface area contributed by atoms with E-state index in [4.69, 9.17) is 4.84 Å². The first kappa shape index (κ1) is 27.7. The van der Waals surface area contributed by atoms with E-state index in [0.29, 0.717) is 29.9 Å². The Morgan fingerprint density at radius 1 is 1.15 bits per heavy atom. The van der Waals surface area contributed by atoms with Crippen molar-refractivity contribution in [3.63, 3.8) is 0 Å². The summed E-state index contributed by atoms with van der Waals surface area (Å²) >= 11 is 0. The number of amides is 1. The summed E-state index contributed by atoms with van der Waals surface area (Å²) in [5, 5.41) is 23.5. The molecule has 2 aromatic heterocycles. The van der Waals surface area contributed by atoms with Gasteiger partial charge in [-0.05, 0) is 75.3 Å². The second-order valence-corrected chi connectivity index (χ2v) is 9.91. The maximum Gasteiger partial charge on any atom is 0.256 e.